The first kappa shape index (κ1) is 19.8. The summed E-state index contributed by atoms with van der Waals surface area (Å²) >= 11 is 0. The SMILES string of the molecule is Cc1ccc(-c2ccc(-c3ccc(N(c4ccccc4)c4ccccc4)cc3)cc2)cc1. The number of para-hydroxylation sites is 2. The zero-order valence-corrected chi connectivity index (χ0v) is 18.1. The molecule has 0 aliphatic rings. The van der Waals surface area contributed by atoms with Crippen LogP contribution in [-0.4, -0.2) is 0 Å². The van der Waals surface area contributed by atoms with Crippen LogP contribution in [-0.2, 0) is 0 Å². The number of aryl methyl sites for hydroxylation is 1. The van der Waals surface area contributed by atoms with Crippen molar-refractivity contribution in [2.45, 2.75) is 6.92 Å². The topological polar surface area (TPSA) is 3.24 Å². The highest BCUT2D eigenvalue weighted by atomic mass is 15.1. The molecule has 0 saturated heterocycles. The molecule has 0 heterocycles. The molecule has 0 radical (unpaired) electrons. The van der Waals surface area contributed by atoms with Crippen molar-refractivity contribution in [2.24, 2.45) is 0 Å². The molecule has 5 aromatic rings. The van der Waals surface area contributed by atoms with Gasteiger partial charge in [-0.15, -0.1) is 0 Å². The number of benzene rings is 5. The Morgan fingerprint density at radius 3 is 1.06 bits per heavy atom. The molecule has 154 valence electrons. The lowest BCUT2D eigenvalue weighted by atomic mass is 9.99. The maximum atomic E-state index is 2.28. The fraction of sp³-hybridized carbons (Fsp3) is 0.0323. The second-order valence-electron chi connectivity index (χ2n) is 8.00. The third-order valence-corrected chi connectivity index (χ3v) is 5.76. The summed E-state index contributed by atoms with van der Waals surface area (Å²) in [6.07, 6.45) is 0. The van der Waals surface area contributed by atoms with Gasteiger partial charge in [-0.25, -0.2) is 0 Å². The van der Waals surface area contributed by atoms with Gasteiger partial charge in [-0.2, -0.15) is 0 Å². The van der Waals surface area contributed by atoms with Crippen molar-refractivity contribution < 1.29 is 0 Å². The first-order valence-corrected chi connectivity index (χ1v) is 11.0. The first-order chi connectivity index (χ1) is 15.8. The first-order valence-electron chi connectivity index (χ1n) is 11.0. The van der Waals surface area contributed by atoms with E-state index in [0.29, 0.717) is 0 Å². The van der Waals surface area contributed by atoms with Crippen molar-refractivity contribution in [3.63, 3.8) is 0 Å². The van der Waals surface area contributed by atoms with E-state index in [1.54, 1.807) is 0 Å². The molecule has 0 fully saturated rings. The van der Waals surface area contributed by atoms with Gasteiger partial charge < -0.3 is 4.90 Å². The van der Waals surface area contributed by atoms with Crippen molar-refractivity contribution in [1.82, 2.24) is 0 Å². The monoisotopic (exact) mass is 411 g/mol. The van der Waals surface area contributed by atoms with Gasteiger partial charge in [-0.05, 0) is 65.6 Å². The number of hydrogen-bond donors (Lipinski definition) is 0. The molecule has 0 aliphatic heterocycles. The van der Waals surface area contributed by atoms with Gasteiger partial charge in [-0.3, -0.25) is 0 Å². The Bertz CT molecular complexity index is 1230. The summed E-state index contributed by atoms with van der Waals surface area (Å²) in [7, 11) is 0. The Morgan fingerprint density at radius 1 is 0.344 bits per heavy atom. The number of nitrogens with zero attached hydrogens (tertiary/aromatic N) is 1. The summed E-state index contributed by atoms with van der Waals surface area (Å²) in [5.41, 5.74) is 9.64. The van der Waals surface area contributed by atoms with Crippen LogP contribution < -0.4 is 4.90 Å². The van der Waals surface area contributed by atoms with E-state index in [-0.39, 0.29) is 0 Å². The Balaban J connectivity index is 1.44. The van der Waals surface area contributed by atoms with E-state index >= 15 is 0 Å². The fourth-order valence-electron chi connectivity index (χ4n) is 4.01. The van der Waals surface area contributed by atoms with E-state index in [1.807, 2.05) is 0 Å². The highest BCUT2D eigenvalue weighted by Crippen LogP contribution is 2.35. The molecule has 1 nitrogen and oxygen atoms in total. The van der Waals surface area contributed by atoms with Gasteiger partial charge in [-0.1, -0.05) is 103 Å². The summed E-state index contributed by atoms with van der Waals surface area (Å²) in [6.45, 7) is 2.12. The third kappa shape index (κ3) is 4.19. The van der Waals surface area contributed by atoms with Crippen molar-refractivity contribution in [3.05, 3.63) is 139 Å². The lowest BCUT2D eigenvalue weighted by Gasteiger charge is -2.25. The van der Waals surface area contributed by atoms with Crippen LogP contribution in [0.2, 0.25) is 0 Å². The lowest BCUT2D eigenvalue weighted by molar-refractivity contribution is 1.28. The maximum absolute atomic E-state index is 2.28. The quantitative estimate of drug-likeness (QED) is 0.279. The molecule has 0 N–H and O–H groups in total. The molecular formula is C31H25N. The van der Waals surface area contributed by atoms with E-state index in [2.05, 4.69) is 145 Å². The maximum Gasteiger partial charge on any atom is 0.0462 e. The molecule has 5 aromatic carbocycles. The summed E-state index contributed by atoms with van der Waals surface area (Å²) < 4.78 is 0. The Hall–Kier alpha value is -4.10. The Labute approximate surface area is 190 Å². The second-order valence-corrected chi connectivity index (χ2v) is 8.00. The molecule has 0 amide bonds. The van der Waals surface area contributed by atoms with Crippen LogP contribution in [0.4, 0.5) is 17.1 Å². The molecule has 32 heavy (non-hydrogen) atoms. The molecule has 0 unspecified atom stereocenters. The van der Waals surface area contributed by atoms with Crippen LogP contribution in [0.5, 0.6) is 0 Å². The van der Waals surface area contributed by atoms with Gasteiger partial charge >= 0.3 is 0 Å². The van der Waals surface area contributed by atoms with Gasteiger partial charge in [0.2, 0.25) is 0 Å². The van der Waals surface area contributed by atoms with E-state index in [9.17, 15) is 0 Å². The Kier molecular flexibility index (Phi) is 5.55. The van der Waals surface area contributed by atoms with Crippen LogP contribution in [0.3, 0.4) is 0 Å². The van der Waals surface area contributed by atoms with Gasteiger partial charge in [0.25, 0.3) is 0 Å². The highest BCUT2D eigenvalue weighted by Gasteiger charge is 2.11. The van der Waals surface area contributed by atoms with E-state index in [1.165, 1.54) is 27.8 Å². The van der Waals surface area contributed by atoms with E-state index < -0.39 is 0 Å². The van der Waals surface area contributed by atoms with Gasteiger partial charge in [0.1, 0.15) is 0 Å². The number of anilines is 3. The zero-order valence-electron chi connectivity index (χ0n) is 18.1. The molecule has 0 spiro atoms. The van der Waals surface area contributed by atoms with Crippen molar-refractivity contribution >= 4 is 17.1 Å². The number of rotatable bonds is 5. The average Bonchev–Trinajstić information content (AvgIpc) is 2.87. The van der Waals surface area contributed by atoms with Crippen LogP contribution in [0, 0.1) is 6.92 Å². The molecule has 0 aromatic heterocycles. The van der Waals surface area contributed by atoms with Gasteiger partial charge in [0, 0.05) is 17.1 Å². The van der Waals surface area contributed by atoms with Crippen molar-refractivity contribution in [3.8, 4) is 22.3 Å². The minimum Gasteiger partial charge on any atom is -0.311 e. The van der Waals surface area contributed by atoms with Crippen LogP contribution in [0.15, 0.2) is 133 Å². The molecule has 5 rings (SSSR count). The average molecular weight is 412 g/mol. The summed E-state index contributed by atoms with van der Waals surface area (Å²) in [6, 6.07) is 47.3. The van der Waals surface area contributed by atoms with Crippen LogP contribution >= 0.6 is 0 Å². The molecular weight excluding hydrogens is 386 g/mol. The summed E-state index contributed by atoms with van der Waals surface area (Å²) in [5, 5.41) is 0. The van der Waals surface area contributed by atoms with Crippen LogP contribution in [0.1, 0.15) is 5.56 Å². The van der Waals surface area contributed by atoms with E-state index in [4.69, 9.17) is 0 Å². The zero-order chi connectivity index (χ0) is 21.8. The molecule has 0 saturated carbocycles. The smallest absolute Gasteiger partial charge is 0.0462 e. The van der Waals surface area contributed by atoms with E-state index in [0.717, 1.165) is 17.1 Å². The normalized spacial score (nSPS) is 10.7. The molecule has 0 atom stereocenters. The summed E-state index contributed by atoms with van der Waals surface area (Å²) in [5.74, 6) is 0. The predicted octanol–water partition coefficient (Wildman–Crippen LogP) is 8.80. The fourth-order valence-corrected chi connectivity index (χ4v) is 4.01. The number of hydrogen-bond acceptors (Lipinski definition) is 1. The van der Waals surface area contributed by atoms with Gasteiger partial charge in [0.15, 0.2) is 0 Å². The molecule has 0 aliphatic carbocycles. The van der Waals surface area contributed by atoms with Gasteiger partial charge in [0.05, 0.1) is 0 Å². The standard InChI is InChI=1S/C31H25N/c1-24-12-14-25(15-13-24)26-16-18-27(19-17-26)28-20-22-31(23-21-28)32(29-8-4-2-5-9-29)30-10-6-3-7-11-30/h2-23H,1H3. The minimum absolute atomic E-state index is 1.14. The highest BCUT2D eigenvalue weighted by molar-refractivity contribution is 5.78. The Morgan fingerprint density at radius 2 is 0.656 bits per heavy atom. The molecule has 1 heteroatoms. The van der Waals surface area contributed by atoms with Crippen molar-refractivity contribution in [2.75, 3.05) is 4.90 Å². The largest absolute Gasteiger partial charge is 0.311 e. The summed E-state index contributed by atoms with van der Waals surface area (Å²) in [4.78, 5) is 2.28. The molecule has 0 bridgehead atoms. The second kappa shape index (κ2) is 8.95. The van der Waals surface area contributed by atoms with Crippen molar-refractivity contribution in [1.29, 1.82) is 0 Å². The minimum atomic E-state index is 1.14. The predicted molar refractivity (Wildman–Crippen MR) is 137 cm³/mol. The third-order valence-electron chi connectivity index (χ3n) is 5.76. The van der Waals surface area contributed by atoms with Crippen LogP contribution in [0.25, 0.3) is 22.3 Å². The lowest BCUT2D eigenvalue weighted by Crippen LogP contribution is -2.09.